The Morgan fingerprint density at radius 1 is 0.936 bits per heavy atom. The number of benzene rings is 2. The number of hydrogen-bond acceptors (Lipinski definition) is 6. The fraction of sp³-hybridized carbons (Fsp3) is 0.556. The highest BCUT2D eigenvalue weighted by atomic mass is 35.5. The summed E-state index contributed by atoms with van der Waals surface area (Å²) in [6.45, 7) is 2.58. The van der Waals surface area contributed by atoms with E-state index >= 15 is 0 Å². The molecule has 6 rings (SSSR count). The second-order valence-corrected chi connectivity index (χ2v) is 14.0. The number of hydrogen-bond donors (Lipinski definition) is 3. The molecular formula is C36H47ClN6O4. The van der Waals surface area contributed by atoms with Gasteiger partial charge in [0.25, 0.3) is 5.91 Å². The number of amides is 4. The molecule has 2 atom stereocenters. The molecule has 0 bridgehead atoms. The Labute approximate surface area is 282 Å². The van der Waals surface area contributed by atoms with Crippen molar-refractivity contribution in [2.75, 3.05) is 44.3 Å². The molecule has 4 amide bonds. The Kier molecular flexibility index (Phi) is 10.7. The molecule has 2 aromatic carbocycles. The van der Waals surface area contributed by atoms with Crippen molar-refractivity contribution in [3.8, 4) is 0 Å². The van der Waals surface area contributed by atoms with Crippen molar-refractivity contribution in [1.82, 2.24) is 25.8 Å². The first-order valence-electron chi connectivity index (χ1n) is 17.3. The highest BCUT2D eigenvalue weighted by Crippen LogP contribution is 2.39. The topological polar surface area (TPSA) is 114 Å². The van der Waals surface area contributed by atoms with Gasteiger partial charge in [-0.15, -0.1) is 0 Å². The summed E-state index contributed by atoms with van der Waals surface area (Å²) in [4.78, 5) is 60.3. The van der Waals surface area contributed by atoms with Gasteiger partial charge in [-0.2, -0.15) is 0 Å². The molecule has 10 nitrogen and oxygen atoms in total. The van der Waals surface area contributed by atoms with Crippen LogP contribution < -0.4 is 20.9 Å². The van der Waals surface area contributed by atoms with Gasteiger partial charge in [0, 0.05) is 42.8 Å². The highest BCUT2D eigenvalue weighted by Gasteiger charge is 2.54. The molecule has 3 saturated heterocycles. The number of piperidine rings is 2. The van der Waals surface area contributed by atoms with Gasteiger partial charge in [-0.1, -0.05) is 61.2 Å². The number of rotatable bonds is 9. The third-order valence-corrected chi connectivity index (χ3v) is 10.7. The number of halogens is 1. The molecule has 0 aromatic heterocycles. The van der Waals surface area contributed by atoms with Crippen molar-refractivity contribution in [2.24, 2.45) is 5.92 Å². The van der Waals surface area contributed by atoms with E-state index in [0.29, 0.717) is 50.6 Å². The van der Waals surface area contributed by atoms with Crippen LogP contribution in [0.25, 0.3) is 0 Å². The molecule has 3 aliphatic heterocycles. The lowest BCUT2D eigenvalue weighted by molar-refractivity contribution is -0.142. The van der Waals surface area contributed by atoms with Crippen LogP contribution in [-0.2, 0) is 25.6 Å². The number of nitrogens with zero attached hydrogens (tertiary/aromatic N) is 3. The van der Waals surface area contributed by atoms with E-state index in [4.69, 9.17) is 11.6 Å². The molecule has 0 radical (unpaired) electrons. The van der Waals surface area contributed by atoms with E-state index in [-0.39, 0.29) is 42.1 Å². The number of anilines is 1. The van der Waals surface area contributed by atoms with Crippen LogP contribution in [0.5, 0.6) is 0 Å². The fourth-order valence-electron chi connectivity index (χ4n) is 7.75. The van der Waals surface area contributed by atoms with Gasteiger partial charge >= 0.3 is 0 Å². The number of nitrogens with one attached hydrogen (secondary N) is 3. The third kappa shape index (κ3) is 7.75. The Morgan fingerprint density at radius 3 is 2.34 bits per heavy atom. The molecule has 11 heteroatoms. The average molecular weight is 663 g/mol. The Balaban J connectivity index is 1.16. The summed E-state index contributed by atoms with van der Waals surface area (Å²) in [6, 6.07) is 16.7. The maximum absolute atomic E-state index is 14.2. The Hall–Kier alpha value is -3.63. The van der Waals surface area contributed by atoms with Crippen LogP contribution in [0.4, 0.5) is 5.69 Å². The van der Waals surface area contributed by atoms with Gasteiger partial charge in [0.15, 0.2) is 0 Å². The van der Waals surface area contributed by atoms with Crippen molar-refractivity contribution in [3.05, 3.63) is 65.2 Å². The minimum absolute atomic E-state index is 0.0221. The van der Waals surface area contributed by atoms with Gasteiger partial charge in [-0.3, -0.25) is 19.2 Å². The molecule has 2 aromatic rings. The molecule has 4 aliphatic rings. The summed E-state index contributed by atoms with van der Waals surface area (Å²) in [5.74, 6) is -0.612. The van der Waals surface area contributed by atoms with Crippen LogP contribution in [0.1, 0.15) is 63.4 Å². The highest BCUT2D eigenvalue weighted by molar-refractivity contribution is 6.30. The first kappa shape index (κ1) is 33.3. The molecule has 1 spiro atoms. The molecule has 3 heterocycles. The lowest BCUT2D eigenvalue weighted by Gasteiger charge is -2.44. The van der Waals surface area contributed by atoms with E-state index in [1.807, 2.05) is 42.5 Å². The number of likely N-dealkylation sites (tertiary alicyclic amines) is 1. The fourth-order valence-corrected chi connectivity index (χ4v) is 7.88. The van der Waals surface area contributed by atoms with E-state index in [1.165, 1.54) is 6.42 Å². The molecule has 1 saturated carbocycles. The van der Waals surface area contributed by atoms with Gasteiger partial charge in [-0.05, 0) is 74.9 Å². The summed E-state index contributed by atoms with van der Waals surface area (Å²) in [5.41, 5.74) is 0.975. The van der Waals surface area contributed by atoms with Crippen molar-refractivity contribution >= 4 is 40.9 Å². The van der Waals surface area contributed by atoms with E-state index in [0.717, 1.165) is 56.3 Å². The van der Waals surface area contributed by atoms with Crippen molar-refractivity contribution < 1.29 is 19.2 Å². The predicted molar refractivity (Wildman–Crippen MR) is 182 cm³/mol. The van der Waals surface area contributed by atoms with Crippen LogP contribution in [0.2, 0.25) is 5.02 Å². The van der Waals surface area contributed by atoms with Crippen molar-refractivity contribution in [1.29, 1.82) is 0 Å². The van der Waals surface area contributed by atoms with Crippen LogP contribution in [0.15, 0.2) is 54.6 Å². The summed E-state index contributed by atoms with van der Waals surface area (Å²) >= 11 is 6.12. The van der Waals surface area contributed by atoms with Crippen LogP contribution in [-0.4, -0.2) is 90.4 Å². The van der Waals surface area contributed by atoms with Crippen LogP contribution in [0.3, 0.4) is 0 Å². The molecular weight excluding hydrogens is 616 g/mol. The minimum atomic E-state index is -0.855. The lowest BCUT2D eigenvalue weighted by Crippen LogP contribution is -2.60. The van der Waals surface area contributed by atoms with E-state index in [9.17, 15) is 19.2 Å². The third-order valence-electron chi connectivity index (χ3n) is 10.4. The van der Waals surface area contributed by atoms with Crippen LogP contribution in [0, 0.1) is 5.92 Å². The summed E-state index contributed by atoms with van der Waals surface area (Å²) < 4.78 is 0. The van der Waals surface area contributed by atoms with E-state index in [1.54, 1.807) is 21.9 Å². The number of para-hydroxylation sites is 1. The lowest BCUT2D eigenvalue weighted by atomic mass is 9.85. The van der Waals surface area contributed by atoms with Gasteiger partial charge in [-0.25, -0.2) is 0 Å². The normalized spacial score (nSPS) is 22.3. The van der Waals surface area contributed by atoms with Crippen molar-refractivity contribution in [2.45, 2.75) is 81.8 Å². The zero-order valence-corrected chi connectivity index (χ0v) is 27.9. The van der Waals surface area contributed by atoms with Crippen LogP contribution >= 0.6 is 11.6 Å². The molecule has 3 N–H and O–H groups in total. The zero-order valence-electron chi connectivity index (χ0n) is 27.1. The van der Waals surface area contributed by atoms with Gasteiger partial charge in [0.05, 0.1) is 12.6 Å². The van der Waals surface area contributed by atoms with Gasteiger partial charge < -0.3 is 30.7 Å². The number of carbonyl (C=O) groups excluding carboxylic acids is 4. The molecule has 1 aliphatic carbocycles. The van der Waals surface area contributed by atoms with E-state index in [2.05, 4.69) is 20.9 Å². The molecule has 0 unspecified atom stereocenters. The second kappa shape index (κ2) is 15.1. The quantitative estimate of drug-likeness (QED) is 0.379. The SMILES string of the molecule is O=C(CN1CN(c2ccccc2)C2(CCN(C(=O)[C@@H](Cc3ccc(Cl)cc3)NC(=O)[C@@H]3CCCNC3)CC2)C1=O)NC1CCCCC1. The summed E-state index contributed by atoms with van der Waals surface area (Å²) in [6.07, 6.45) is 8.35. The largest absolute Gasteiger partial charge is 0.352 e. The predicted octanol–water partition coefficient (Wildman–Crippen LogP) is 3.48. The van der Waals surface area contributed by atoms with E-state index < -0.39 is 11.6 Å². The minimum Gasteiger partial charge on any atom is -0.352 e. The second-order valence-electron chi connectivity index (χ2n) is 13.6. The van der Waals surface area contributed by atoms with Gasteiger partial charge in [0.1, 0.15) is 18.1 Å². The summed E-state index contributed by atoms with van der Waals surface area (Å²) in [5, 5.41) is 10.1. The first-order valence-corrected chi connectivity index (χ1v) is 17.7. The zero-order chi connectivity index (χ0) is 32.8. The average Bonchev–Trinajstić information content (AvgIpc) is 3.36. The Bertz CT molecular complexity index is 1400. The monoisotopic (exact) mass is 662 g/mol. The smallest absolute Gasteiger partial charge is 0.250 e. The molecule has 47 heavy (non-hydrogen) atoms. The molecule has 252 valence electrons. The van der Waals surface area contributed by atoms with Crippen molar-refractivity contribution in [3.63, 3.8) is 0 Å². The first-order chi connectivity index (χ1) is 22.8. The standard InChI is InChI=1S/C36H47ClN6O4/c37-28-15-13-26(14-16-28)22-31(40-33(45)27-8-7-19-38-23-27)34(46)41-20-17-36(18-21-41)35(47)42(25-43(36)30-11-5-2-6-12-30)24-32(44)39-29-9-3-1-4-10-29/h2,5-6,11-16,27,29,31,38H,1,3-4,7-10,17-25H2,(H,39,44)(H,40,45)/t27-,31-/m1/s1. The number of carbonyl (C=O) groups is 4. The summed E-state index contributed by atoms with van der Waals surface area (Å²) in [7, 11) is 0. The molecule has 4 fully saturated rings. The maximum atomic E-state index is 14.2. The Morgan fingerprint density at radius 2 is 1.66 bits per heavy atom. The maximum Gasteiger partial charge on any atom is 0.250 e. The van der Waals surface area contributed by atoms with Gasteiger partial charge in [0.2, 0.25) is 17.7 Å².